The first-order valence-corrected chi connectivity index (χ1v) is 14.1. The Hall–Kier alpha value is -2.72. The van der Waals surface area contributed by atoms with Gasteiger partial charge in [-0.15, -0.1) is 0 Å². The minimum absolute atomic E-state index is 0.0723. The highest BCUT2D eigenvalue weighted by Gasteiger charge is 2.48. The number of aromatic nitrogens is 2. The molecule has 4 aromatic rings. The largest absolute Gasteiger partial charge is 0.478 e. The smallest absolute Gasteiger partial charge is 0.335 e. The summed E-state index contributed by atoms with van der Waals surface area (Å²) in [4.78, 5) is 18.0. The van der Waals surface area contributed by atoms with Crippen LogP contribution in [0, 0.1) is 17.7 Å². The standard InChI is InChI=1S/C27H22Cl2FN3O4S/c28-17-2-1-3-18(29)21(17)22-16(25(37-32-22)12-4-5-12)11-36-24-14-6-15(24)10-33(9-14)27-31-23-19(30)7-13(26(34)35)8-20(23)38-27/h1-3,7-8,12,14-15,24H,4-6,9-11H2,(H,34,35). The molecular weight excluding hydrogens is 552 g/mol. The minimum atomic E-state index is -1.16. The maximum absolute atomic E-state index is 14.5. The highest BCUT2D eigenvalue weighted by Crippen LogP contribution is 2.48. The van der Waals surface area contributed by atoms with E-state index < -0.39 is 11.8 Å². The van der Waals surface area contributed by atoms with E-state index in [-0.39, 0.29) is 17.2 Å². The molecule has 8 rings (SSSR count). The molecule has 1 N–H and O–H groups in total. The van der Waals surface area contributed by atoms with E-state index in [2.05, 4.69) is 15.0 Å². The molecule has 2 unspecified atom stereocenters. The number of anilines is 1. The number of piperidine rings is 2. The third kappa shape index (κ3) is 4.07. The Bertz CT molecular complexity index is 1550. The van der Waals surface area contributed by atoms with Crippen molar-refractivity contribution in [2.24, 2.45) is 11.8 Å². The quantitative estimate of drug-likeness (QED) is 0.254. The van der Waals surface area contributed by atoms with E-state index in [1.54, 1.807) is 18.2 Å². The van der Waals surface area contributed by atoms with Gasteiger partial charge < -0.3 is 19.3 Å². The zero-order chi connectivity index (χ0) is 26.1. The zero-order valence-electron chi connectivity index (χ0n) is 20.0. The zero-order valence-corrected chi connectivity index (χ0v) is 22.3. The van der Waals surface area contributed by atoms with Gasteiger partial charge in [-0.1, -0.05) is 45.8 Å². The lowest BCUT2D eigenvalue weighted by Crippen LogP contribution is -2.59. The third-order valence-corrected chi connectivity index (χ3v) is 9.48. The summed E-state index contributed by atoms with van der Waals surface area (Å²) in [5, 5.41) is 15.3. The second-order valence-electron chi connectivity index (χ2n) is 10.3. The van der Waals surface area contributed by atoms with Gasteiger partial charge in [0.05, 0.1) is 33.0 Å². The molecule has 0 spiro atoms. The van der Waals surface area contributed by atoms with Crippen molar-refractivity contribution in [1.82, 2.24) is 10.1 Å². The predicted molar refractivity (Wildman–Crippen MR) is 143 cm³/mol. The maximum atomic E-state index is 14.5. The monoisotopic (exact) mass is 573 g/mol. The van der Waals surface area contributed by atoms with Crippen molar-refractivity contribution in [3.05, 3.63) is 63.1 Å². The number of hydrogen-bond donors (Lipinski definition) is 1. The van der Waals surface area contributed by atoms with Gasteiger partial charge in [-0.2, -0.15) is 0 Å². The van der Waals surface area contributed by atoms with Crippen molar-refractivity contribution < 1.29 is 23.6 Å². The summed E-state index contributed by atoms with van der Waals surface area (Å²) in [6.07, 6.45) is 3.29. The summed E-state index contributed by atoms with van der Waals surface area (Å²) in [6, 6.07) is 7.90. The van der Waals surface area contributed by atoms with Gasteiger partial charge in [0, 0.05) is 42.0 Å². The molecule has 0 amide bonds. The Labute approximate surface area is 231 Å². The fourth-order valence-corrected chi connectivity index (χ4v) is 7.35. The van der Waals surface area contributed by atoms with Crippen LogP contribution in [-0.2, 0) is 11.3 Å². The maximum Gasteiger partial charge on any atom is 0.335 e. The van der Waals surface area contributed by atoms with Gasteiger partial charge in [-0.25, -0.2) is 14.2 Å². The average Bonchev–Trinajstić information content (AvgIpc) is 3.50. The van der Waals surface area contributed by atoms with E-state index in [0.29, 0.717) is 55.5 Å². The number of carboxylic acid groups (broad SMARTS) is 1. The lowest BCUT2D eigenvalue weighted by molar-refractivity contribution is -0.111. The van der Waals surface area contributed by atoms with Crippen LogP contribution >= 0.6 is 34.5 Å². The summed E-state index contributed by atoms with van der Waals surface area (Å²) in [5.41, 5.74) is 2.37. The van der Waals surface area contributed by atoms with Crippen molar-refractivity contribution in [3.8, 4) is 11.3 Å². The van der Waals surface area contributed by atoms with Crippen LogP contribution in [0.3, 0.4) is 0 Å². The number of benzene rings is 2. The minimum Gasteiger partial charge on any atom is -0.478 e. The van der Waals surface area contributed by atoms with Gasteiger partial charge in [-0.3, -0.25) is 0 Å². The number of carbonyl (C=O) groups is 1. The molecule has 2 saturated heterocycles. The van der Waals surface area contributed by atoms with E-state index >= 15 is 0 Å². The molecule has 2 saturated carbocycles. The van der Waals surface area contributed by atoms with E-state index in [1.165, 1.54) is 17.4 Å². The van der Waals surface area contributed by atoms with Crippen molar-refractivity contribution in [1.29, 1.82) is 0 Å². The third-order valence-electron chi connectivity index (χ3n) is 7.79. The number of ether oxygens (including phenoxy) is 1. The van der Waals surface area contributed by atoms with Crippen LogP contribution in [0.5, 0.6) is 0 Å². The fourth-order valence-electron chi connectivity index (χ4n) is 5.74. The van der Waals surface area contributed by atoms with E-state index in [1.807, 2.05) is 0 Å². The van der Waals surface area contributed by atoms with Gasteiger partial charge in [0.1, 0.15) is 17.0 Å². The first-order valence-electron chi connectivity index (χ1n) is 12.5. The molecule has 2 aromatic heterocycles. The van der Waals surface area contributed by atoms with Crippen molar-refractivity contribution in [2.75, 3.05) is 18.0 Å². The summed E-state index contributed by atoms with van der Waals surface area (Å²) in [6.45, 7) is 1.86. The second-order valence-corrected chi connectivity index (χ2v) is 12.1. The molecule has 2 bridgehead atoms. The lowest BCUT2D eigenvalue weighted by atomic mass is 9.68. The first kappa shape index (κ1) is 24.3. The average molecular weight is 574 g/mol. The summed E-state index contributed by atoms with van der Waals surface area (Å²) in [7, 11) is 0. The van der Waals surface area contributed by atoms with Crippen molar-refractivity contribution >= 4 is 55.9 Å². The SMILES string of the molecule is O=C(O)c1cc(F)c2nc(N3CC4CC(C3)C4OCc3c(-c4c(Cl)cccc4Cl)noc3C3CC3)sc2c1. The molecule has 4 heterocycles. The Morgan fingerprint density at radius 2 is 1.95 bits per heavy atom. The van der Waals surface area contributed by atoms with Gasteiger partial charge in [0.25, 0.3) is 0 Å². The highest BCUT2D eigenvalue weighted by atomic mass is 35.5. The molecular formula is C27H22Cl2FN3O4S. The molecule has 38 heavy (non-hydrogen) atoms. The number of nitrogens with zero attached hydrogens (tertiary/aromatic N) is 3. The van der Waals surface area contributed by atoms with E-state index in [0.717, 1.165) is 49.7 Å². The Morgan fingerprint density at radius 1 is 1.21 bits per heavy atom. The lowest BCUT2D eigenvalue weighted by Gasteiger charge is -2.53. The number of halogens is 3. The molecule has 0 radical (unpaired) electrons. The number of thiazole rings is 1. The Balaban J connectivity index is 1.09. The van der Waals surface area contributed by atoms with Gasteiger partial charge >= 0.3 is 5.97 Å². The predicted octanol–water partition coefficient (Wildman–Crippen LogP) is 7.01. The first-order chi connectivity index (χ1) is 18.4. The van der Waals surface area contributed by atoms with Crippen LogP contribution in [0.4, 0.5) is 9.52 Å². The fraction of sp³-hybridized carbons (Fsp3) is 0.370. The molecule has 2 aliphatic heterocycles. The highest BCUT2D eigenvalue weighted by molar-refractivity contribution is 7.22. The van der Waals surface area contributed by atoms with Gasteiger partial charge in [0.15, 0.2) is 10.9 Å². The van der Waals surface area contributed by atoms with Crippen LogP contribution in [-0.4, -0.2) is 40.4 Å². The molecule has 11 heteroatoms. The van der Waals surface area contributed by atoms with Gasteiger partial charge in [-0.05, 0) is 43.5 Å². The molecule has 4 fully saturated rings. The van der Waals surface area contributed by atoms with E-state index in [4.69, 9.17) is 32.5 Å². The number of carboxylic acids is 1. The van der Waals surface area contributed by atoms with Crippen LogP contribution in [0.1, 0.15) is 46.9 Å². The summed E-state index contributed by atoms with van der Waals surface area (Å²) in [5.74, 6) is 0.0828. The molecule has 7 nitrogen and oxygen atoms in total. The Kier molecular flexibility index (Phi) is 5.88. The molecule has 196 valence electrons. The van der Waals surface area contributed by atoms with Gasteiger partial charge in [0.2, 0.25) is 0 Å². The molecule has 2 atom stereocenters. The molecule has 4 aliphatic rings. The number of rotatable bonds is 7. The number of fused-ring (bicyclic) bond motifs is 3. The van der Waals surface area contributed by atoms with Crippen molar-refractivity contribution in [3.63, 3.8) is 0 Å². The van der Waals surface area contributed by atoms with E-state index in [9.17, 15) is 14.3 Å². The number of aromatic carboxylic acids is 1. The molecule has 2 aromatic carbocycles. The van der Waals surface area contributed by atoms with Crippen LogP contribution < -0.4 is 4.90 Å². The second kappa shape index (κ2) is 9.19. The topological polar surface area (TPSA) is 88.7 Å². The summed E-state index contributed by atoms with van der Waals surface area (Å²) < 4.78 is 27.3. The van der Waals surface area contributed by atoms with Crippen LogP contribution in [0.15, 0.2) is 34.9 Å². The Morgan fingerprint density at radius 3 is 2.63 bits per heavy atom. The normalized spacial score (nSPS) is 22.6. The van der Waals surface area contributed by atoms with Crippen molar-refractivity contribution in [2.45, 2.75) is 37.9 Å². The molecule has 2 aliphatic carbocycles. The number of hydrogen-bond acceptors (Lipinski definition) is 7. The summed E-state index contributed by atoms with van der Waals surface area (Å²) >= 11 is 14.3. The van der Waals surface area contributed by atoms with Crippen LogP contribution in [0.25, 0.3) is 21.5 Å². The van der Waals surface area contributed by atoms with Crippen LogP contribution in [0.2, 0.25) is 10.0 Å².